The van der Waals surface area contributed by atoms with Gasteiger partial charge in [-0.25, -0.2) is 0 Å². The van der Waals surface area contributed by atoms with E-state index in [1.165, 1.54) is 4.31 Å². The van der Waals surface area contributed by atoms with Crippen LogP contribution < -0.4 is 5.73 Å². The Bertz CT molecular complexity index is 292. The van der Waals surface area contributed by atoms with Gasteiger partial charge in [-0.05, 0) is 25.7 Å². The summed E-state index contributed by atoms with van der Waals surface area (Å²) < 4.78 is 32.6. The zero-order valence-corrected chi connectivity index (χ0v) is 9.91. The van der Waals surface area contributed by atoms with Gasteiger partial charge in [-0.3, -0.25) is 4.55 Å². The summed E-state index contributed by atoms with van der Waals surface area (Å²) in [4.78, 5) is 0. The van der Waals surface area contributed by atoms with E-state index in [9.17, 15) is 8.42 Å². The maximum atomic E-state index is 11.2. The lowest BCUT2D eigenvalue weighted by Crippen LogP contribution is -2.45. The van der Waals surface area contributed by atoms with Gasteiger partial charge in [0.1, 0.15) is 0 Å². The summed E-state index contributed by atoms with van der Waals surface area (Å²) in [6.07, 6.45) is 4.03. The molecule has 0 aromatic rings. The van der Waals surface area contributed by atoms with E-state index >= 15 is 0 Å². The average molecular weight is 236 g/mol. The zero-order chi connectivity index (χ0) is 11.5. The molecule has 1 rings (SSSR count). The number of hydrogen-bond acceptors (Lipinski definition) is 3. The molecule has 0 spiro atoms. The highest BCUT2D eigenvalue weighted by Crippen LogP contribution is 2.23. The number of nitrogens with zero attached hydrogens (tertiary/aromatic N) is 1. The third-order valence-electron chi connectivity index (χ3n) is 2.83. The van der Waals surface area contributed by atoms with Gasteiger partial charge in [0.05, 0.1) is 0 Å². The highest BCUT2D eigenvalue weighted by molar-refractivity contribution is 7.83. The van der Waals surface area contributed by atoms with Crippen molar-refractivity contribution in [2.75, 3.05) is 6.54 Å². The van der Waals surface area contributed by atoms with Gasteiger partial charge >= 0.3 is 10.3 Å². The molecule has 0 saturated heterocycles. The highest BCUT2D eigenvalue weighted by atomic mass is 32.2. The first-order valence-electron chi connectivity index (χ1n) is 5.45. The second-order valence-electron chi connectivity index (χ2n) is 4.17. The van der Waals surface area contributed by atoms with E-state index in [2.05, 4.69) is 0 Å². The predicted octanol–water partition coefficient (Wildman–Crippen LogP) is 0.771. The minimum absolute atomic E-state index is 0.0601. The average Bonchev–Trinajstić information content (AvgIpc) is 2.12. The summed E-state index contributed by atoms with van der Waals surface area (Å²) in [7, 11) is -4.07. The molecule has 15 heavy (non-hydrogen) atoms. The Balaban J connectivity index is 2.71. The molecule has 1 fully saturated rings. The van der Waals surface area contributed by atoms with Crippen LogP contribution in [0.5, 0.6) is 0 Å². The summed E-state index contributed by atoms with van der Waals surface area (Å²) in [6.45, 7) is 2.26. The second kappa shape index (κ2) is 5.25. The molecule has 0 radical (unpaired) electrons. The van der Waals surface area contributed by atoms with Crippen molar-refractivity contribution in [1.82, 2.24) is 4.31 Å². The van der Waals surface area contributed by atoms with Crippen LogP contribution in [0.4, 0.5) is 0 Å². The van der Waals surface area contributed by atoms with Crippen molar-refractivity contribution < 1.29 is 13.0 Å². The van der Waals surface area contributed by atoms with Crippen LogP contribution in [0, 0.1) is 0 Å². The molecule has 0 bridgehead atoms. The van der Waals surface area contributed by atoms with Gasteiger partial charge in [0, 0.05) is 18.6 Å². The fraction of sp³-hybridized carbons (Fsp3) is 1.00. The van der Waals surface area contributed by atoms with Crippen LogP contribution in [-0.2, 0) is 10.3 Å². The Morgan fingerprint density at radius 1 is 1.47 bits per heavy atom. The van der Waals surface area contributed by atoms with Crippen molar-refractivity contribution in [2.24, 2.45) is 5.73 Å². The number of nitrogens with two attached hydrogens (primary N) is 1. The first-order valence-corrected chi connectivity index (χ1v) is 6.84. The monoisotopic (exact) mass is 236 g/mol. The normalized spacial score (nSPS) is 28.3. The van der Waals surface area contributed by atoms with Crippen molar-refractivity contribution >= 4 is 10.3 Å². The van der Waals surface area contributed by atoms with Gasteiger partial charge < -0.3 is 5.73 Å². The van der Waals surface area contributed by atoms with E-state index in [0.29, 0.717) is 19.4 Å². The van der Waals surface area contributed by atoms with Gasteiger partial charge in [-0.15, -0.1) is 0 Å². The fourth-order valence-corrected chi connectivity index (χ4v) is 3.15. The van der Waals surface area contributed by atoms with Gasteiger partial charge in [0.15, 0.2) is 0 Å². The lowest BCUT2D eigenvalue weighted by atomic mass is 9.91. The molecule has 1 aliphatic rings. The Morgan fingerprint density at radius 3 is 2.60 bits per heavy atom. The molecule has 0 aromatic heterocycles. The van der Waals surface area contributed by atoms with Gasteiger partial charge in [-0.2, -0.15) is 12.7 Å². The van der Waals surface area contributed by atoms with E-state index in [1.54, 1.807) is 0 Å². The van der Waals surface area contributed by atoms with E-state index in [0.717, 1.165) is 19.3 Å². The molecule has 5 nitrogen and oxygen atoms in total. The zero-order valence-electron chi connectivity index (χ0n) is 9.09. The Labute approximate surface area is 91.5 Å². The van der Waals surface area contributed by atoms with Crippen molar-refractivity contribution in [1.29, 1.82) is 0 Å². The maximum Gasteiger partial charge on any atom is 0.336 e. The van der Waals surface area contributed by atoms with Crippen LogP contribution in [0.25, 0.3) is 0 Å². The molecule has 0 aliphatic heterocycles. The molecule has 0 aromatic carbocycles. The molecule has 0 heterocycles. The van der Waals surface area contributed by atoms with Crippen molar-refractivity contribution in [3.63, 3.8) is 0 Å². The molecule has 3 N–H and O–H groups in total. The van der Waals surface area contributed by atoms with E-state index < -0.39 is 10.3 Å². The molecule has 90 valence electrons. The standard InChI is InChI=1S/C9H20N2O3S/c1-2-6-11(15(12,13)14)9-5-3-4-8(10)7-9/h8-9H,2-7,10H2,1H3,(H,12,13,14). The second-order valence-corrected chi connectivity index (χ2v) is 5.53. The van der Waals surface area contributed by atoms with Crippen molar-refractivity contribution in [2.45, 2.75) is 51.1 Å². The molecule has 2 unspecified atom stereocenters. The van der Waals surface area contributed by atoms with Crippen LogP contribution >= 0.6 is 0 Å². The number of rotatable bonds is 4. The minimum atomic E-state index is -4.07. The van der Waals surface area contributed by atoms with Crippen molar-refractivity contribution in [3.05, 3.63) is 0 Å². The highest BCUT2D eigenvalue weighted by Gasteiger charge is 2.31. The van der Waals surface area contributed by atoms with Gasteiger partial charge in [0.25, 0.3) is 0 Å². The summed E-state index contributed by atoms with van der Waals surface area (Å²) >= 11 is 0. The first-order chi connectivity index (χ1) is 6.95. The van der Waals surface area contributed by atoms with Crippen LogP contribution in [0.15, 0.2) is 0 Å². The van der Waals surface area contributed by atoms with Crippen LogP contribution in [-0.4, -0.2) is 35.9 Å². The molecule has 1 saturated carbocycles. The van der Waals surface area contributed by atoms with E-state index in [4.69, 9.17) is 10.3 Å². The van der Waals surface area contributed by atoms with Crippen LogP contribution in [0.2, 0.25) is 0 Å². The molecular weight excluding hydrogens is 216 g/mol. The lowest BCUT2D eigenvalue weighted by molar-refractivity contribution is 0.220. The Hall–Kier alpha value is -0.170. The van der Waals surface area contributed by atoms with Gasteiger partial charge in [0.2, 0.25) is 0 Å². The molecule has 6 heteroatoms. The largest absolute Gasteiger partial charge is 0.336 e. The third kappa shape index (κ3) is 3.71. The summed E-state index contributed by atoms with van der Waals surface area (Å²) in [5.41, 5.74) is 5.80. The molecule has 1 aliphatic carbocycles. The maximum absolute atomic E-state index is 11.2. The molecular formula is C9H20N2O3S. The lowest BCUT2D eigenvalue weighted by Gasteiger charge is -2.33. The molecule has 2 atom stereocenters. The van der Waals surface area contributed by atoms with E-state index in [1.807, 2.05) is 6.92 Å². The smallest absolute Gasteiger partial charge is 0.328 e. The Kier molecular flexibility index (Phi) is 4.51. The number of hydrogen-bond donors (Lipinski definition) is 2. The first kappa shape index (κ1) is 12.9. The third-order valence-corrected chi connectivity index (χ3v) is 3.91. The topological polar surface area (TPSA) is 83.6 Å². The minimum Gasteiger partial charge on any atom is -0.328 e. The van der Waals surface area contributed by atoms with Crippen LogP contribution in [0.1, 0.15) is 39.0 Å². The predicted molar refractivity (Wildman–Crippen MR) is 58.8 cm³/mol. The van der Waals surface area contributed by atoms with Gasteiger partial charge in [-0.1, -0.05) is 13.3 Å². The summed E-state index contributed by atoms with van der Waals surface area (Å²) in [6, 6.07) is -0.0615. The summed E-state index contributed by atoms with van der Waals surface area (Å²) in [5, 5.41) is 0. The molecule has 0 amide bonds. The fourth-order valence-electron chi connectivity index (χ4n) is 2.17. The SMILES string of the molecule is CCCN(C1CCCC(N)C1)S(=O)(=O)O. The quantitative estimate of drug-likeness (QED) is 0.706. The Morgan fingerprint density at radius 2 is 2.13 bits per heavy atom. The van der Waals surface area contributed by atoms with Crippen molar-refractivity contribution in [3.8, 4) is 0 Å². The van der Waals surface area contributed by atoms with E-state index in [-0.39, 0.29) is 12.1 Å². The van der Waals surface area contributed by atoms with Crippen LogP contribution in [0.3, 0.4) is 0 Å². The summed E-state index contributed by atoms with van der Waals surface area (Å²) in [5.74, 6) is 0.